The normalized spacial score (nSPS) is 14.4. The van der Waals surface area contributed by atoms with Gasteiger partial charge in [-0.05, 0) is 51.5 Å². The molecular weight excluding hydrogens is 332 g/mol. The Morgan fingerprint density at radius 3 is 2.60 bits per heavy atom. The quantitative estimate of drug-likeness (QED) is 0.840. The van der Waals surface area contributed by atoms with Gasteiger partial charge in [-0.25, -0.2) is 0 Å². The van der Waals surface area contributed by atoms with Crippen molar-refractivity contribution in [1.29, 1.82) is 0 Å². The van der Waals surface area contributed by atoms with Gasteiger partial charge in [0.2, 0.25) is 0 Å². The van der Waals surface area contributed by atoms with Crippen molar-refractivity contribution in [2.75, 3.05) is 13.6 Å². The highest BCUT2D eigenvalue weighted by molar-refractivity contribution is 9.11. The maximum atomic E-state index is 6.35. The minimum atomic E-state index is 0.0906. The lowest BCUT2D eigenvalue weighted by molar-refractivity contribution is 0.258. The van der Waals surface area contributed by atoms with Gasteiger partial charge in [-0.1, -0.05) is 37.3 Å². The van der Waals surface area contributed by atoms with E-state index in [2.05, 4.69) is 70.5 Å². The van der Waals surface area contributed by atoms with Gasteiger partial charge in [0.05, 0.1) is 3.79 Å². The van der Waals surface area contributed by atoms with Crippen molar-refractivity contribution < 1.29 is 0 Å². The van der Waals surface area contributed by atoms with Crippen LogP contribution in [0.15, 0.2) is 45.6 Å². The van der Waals surface area contributed by atoms with Crippen molar-refractivity contribution in [3.8, 4) is 0 Å². The maximum absolute atomic E-state index is 6.35. The van der Waals surface area contributed by atoms with Gasteiger partial charge < -0.3 is 10.6 Å². The number of hydrogen-bond acceptors (Lipinski definition) is 3. The molecule has 2 aromatic rings. The van der Waals surface area contributed by atoms with Crippen LogP contribution in [0.1, 0.15) is 24.1 Å². The zero-order chi connectivity index (χ0) is 14.5. The molecule has 0 aliphatic heterocycles. The molecule has 0 bridgehead atoms. The Morgan fingerprint density at radius 1 is 1.30 bits per heavy atom. The Bertz CT molecular complexity index is 526. The summed E-state index contributed by atoms with van der Waals surface area (Å²) in [5, 5.41) is 2.20. The number of rotatable bonds is 6. The van der Waals surface area contributed by atoms with E-state index >= 15 is 0 Å². The average Bonchev–Trinajstić information content (AvgIpc) is 2.84. The maximum Gasteiger partial charge on any atom is 0.0701 e. The molecular formula is C16H21BrN2S. The molecule has 108 valence electrons. The molecule has 0 saturated carbocycles. The smallest absolute Gasteiger partial charge is 0.0701 e. The molecule has 2 unspecified atom stereocenters. The molecule has 2 atom stereocenters. The second kappa shape index (κ2) is 7.36. The highest BCUT2D eigenvalue weighted by atomic mass is 79.9. The number of nitrogens with two attached hydrogens (primary N) is 1. The van der Waals surface area contributed by atoms with Crippen LogP contribution in [0, 0.1) is 5.92 Å². The van der Waals surface area contributed by atoms with Gasteiger partial charge >= 0.3 is 0 Å². The van der Waals surface area contributed by atoms with Crippen molar-refractivity contribution in [3.05, 3.63) is 56.7 Å². The molecule has 0 aliphatic carbocycles. The Balaban J connectivity index is 1.88. The predicted molar refractivity (Wildman–Crippen MR) is 90.9 cm³/mol. The molecule has 0 spiro atoms. The Morgan fingerprint density at radius 2 is 2.00 bits per heavy atom. The van der Waals surface area contributed by atoms with E-state index in [4.69, 9.17) is 5.73 Å². The van der Waals surface area contributed by atoms with Crippen molar-refractivity contribution in [2.24, 2.45) is 11.7 Å². The summed E-state index contributed by atoms with van der Waals surface area (Å²) in [6.45, 7) is 4.18. The standard InChI is InChI=1S/C16H21BrN2S/c1-12(16(18)14-6-4-3-5-7-14)9-19(2)10-13-8-15(17)20-11-13/h3-8,11-12,16H,9-10,18H2,1-2H3. The first-order valence-electron chi connectivity index (χ1n) is 6.78. The molecule has 0 aliphatic rings. The summed E-state index contributed by atoms with van der Waals surface area (Å²) in [7, 11) is 2.15. The topological polar surface area (TPSA) is 29.3 Å². The van der Waals surface area contributed by atoms with Crippen molar-refractivity contribution in [1.82, 2.24) is 4.90 Å². The lowest BCUT2D eigenvalue weighted by atomic mass is 9.95. The fourth-order valence-corrected chi connectivity index (χ4v) is 3.61. The van der Waals surface area contributed by atoms with Gasteiger partial charge in [-0.3, -0.25) is 0 Å². The van der Waals surface area contributed by atoms with Crippen LogP contribution in [0.25, 0.3) is 0 Å². The van der Waals surface area contributed by atoms with Crippen LogP contribution < -0.4 is 5.73 Å². The zero-order valence-corrected chi connectivity index (χ0v) is 14.3. The van der Waals surface area contributed by atoms with Crippen LogP contribution in [-0.2, 0) is 6.54 Å². The first-order chi connectivity index (χ1) is 9.56. The van der Waals surface area contributed by atoms with Crippen LogP contribution in [0.3, 0.4) is 0 Å². The number of hydrogen-bond donors (Lipinski definition) is 1. The van der Waals surface area contributed by atoms with E-state index in [0.29, 0.717) is 5.92 Å². The zero-order valence-electron chi connectivity index (χ0n) is 11.9. The summed E-state index contributed by atoms with van der Waals surface area (Å²) in [5.74, 6) is 0.421. The fourth-order valence-electron chi connectivity index (χ4n) is 2.41. The van der Waals surface area contributed by atoms with E-state index < -0.39 is 0 Å². The first kappa shape index (κ1) is 15.7. The third kappa shape index (κ3) is 4.42. The van der Waals surface area contributed by atoms with Crippen LogP contribution in [0.4, 0.5) is 0 Å². The molecule has 4 heteroatoms. The SMILES string of the molecule is CC(CN(C)Cc1csc(Br)c1)C(N)c1ccccc1. The summed E-state index contributed by atoms with van der Waals surface area (Å²) in [4.78, 5) is 2.34. The minimum Gasteiger partial charge on any atom is -0.324 e. The van der Waals surface area contributed by atoms with E-state index in [1.165, 1.54) is 14.9 Å². The largest absolute Gasteiger partial charge is 0.324 e. The number of thiophene rings is 1. The molecule has 2 nitrogen and oxygen atoms in total. The molecule has 0 saturated heterocycles. The molecule has 0 fully saturated rings. The number of halogens is 1. The third-order valence-corrected chi connectivity index (χ3v) is 5.02. The Labute approximate surface area is 133 Å². The van der Waals surface area contributed by atoms with E-state index in [1.807, 2.05) is 6.07 Å². The van der Waals surface area contributed by atoms with E-state index in [-0.39, 0.29) is 6.04 Å². The van der Waals surface area contributed by atoms with Gasteiger partial charge in [-0.2, -0.15) is 0 Å². The Hall–Kier alpha value is -0.680. The van der Waals surface area contributed by atoms with Gasteiger partial charge in [0.15, 0.2) is 0 Å². The lowest BCUT2D eigenvalue weighted by Gasteiger charge is -2.25. The second-order valence-corrected chi connectivity index (χ2v) is 7.66. The summed E-state index contributed by atoms with van der Waals surface area (Å²) in [5.41, 5.74) is 8.92. The molecule has 2 rings (SSSR count). The Kier molecular flexibility index (Phi) is 5.78. The summed E-state index contributed by atoms with van der Waals surface area (Å²) < 4.78 is 1.19. The highest BCUT2D eigenvalue weighted by Gasteiger charge is 2.16. The molecule has 0 radical (unpaired) electrons. The molecule has 0 amide bonds. The van der Waals surface area contributed by atoms with Crippen molar-refractivity contribution in [2.45, 2.75) is 19.5 Å². The van der Waals surface area contributed by atoms with Gasteiger partial charge in [0.1, 0.15) is 0 Å². The molecule has 1 aromatic heterocycles. The molecule has 20 heavy (non-hydrogen) atoms. The van der Waals surface area contributed by atoms with Crippen molar-refractivity contribution in [3.63, 3.8) is 0 Å². The predicted octanol–water partition coefficient (Wildman–Crippen LogP) is 4.28. The first-order valence-corrected chi connectivity index (χ1v) is 8.45. The van der Waals surface area contributed by atoms with Crippen LogP contribution in [-0.4, -0.2) is 18.5 Å². The molecule has 1 aromatic carbocycles. The van der Waals surface area contributed by atoms with E-state index in [1.54, 1.807) is 11.3 Å². The molecule has 2 N–H and O–H groups in total. The summed E-state index contributed by atoms with van der Waals surface area (Å²) >= 11 is 5.24. The minimum absolute atomic E-state index is 0.0906. The second-order valence-electron chi connectivity index (χ2n) is 5.37. The lowest BCUT2D eigenvalue weighted by Crippen LogP contribution is -2.30. The van der Waals surface area contributed by atoms with Gasteiger partial charge in [-0.15, -0.1) is 11.3 Å². The summed E-state index contributed by atoms with van der Waals surface area (Å²) in [6.07, 6.45) is 0. The average molecular weight is 353 g/mol. The molecule has 1 heterocycles. The monoisotopic (exact) mass is 352 g/mol. The highest BCUT2D eigenvalue weighted by Crippen LogP contribution is 2.23. The summed E-state index contributed by atoms with van der Waals surface area (Å²) in [6, 6.07) is 12.6. The van der Waals surface area contributed by atoms with E-state index in [0.717, 1.165) is 13.1 Å². The van der Waals surface area contributed by atoms with Crippen LogP contribution in [0.5, 0.6) is 0 Å². The van der Waals surface area contributed by atoms with Crippen molar-refractivity contribution >= 4 is 27.3 Å². The fraction of sp³-hybridized carbons (Fsp3) is 0.375. The third-order valence-electron chi connectivity index (χ3n) is 3.47. The number of benzene rings is 1. The van der Waals surface area contributed by atoms with Gasteiger partial charge in [0, 0.05) is 19.1 Å². The van der Waals surface area contributed by atoms with Crippen LogP contribution in [0.2, 0.25) is 0 Å². The number of nitrogens with zero attached hydrogens (tertiary/aromatic N) is 1. The van der Waals surface area contributed by atoms with Crippen LogP contribution >= 0.6 is 27.3 Å². The van der Waals surface area contributed by atoms with Gasteiger partial charge in [0.25, 0.3) is 0 Å². The van der Waals surface area contributed by atoms with E-state index in [9.17, 15) is 0 Å².